The first kappa shape index (κ1) is 15.7. The molecule has 0 saturated heterocycles. The lowest BCUT2D eigenvalue weighted by molar-refractivity contribution is -0.121. The Hall–Kier alpha value is -1.35. The lowest BCUT2D eigenvalue weighted by Gasteiger charge is -2.26. The van der Waals surface area contributed by atoms with Crippen molar-refractivity contribution in [3.05, 3.63) is 35.9 Å². The van der Waals surface area contributed by atoms with Gasteiger partial charge in [0.2, 0.25) is 5.91 Å². The summed E-state index contributed by atoms with van der Waals surface area (Å²) in [6.45, 7) is 8.79. The summed E-state index contributed by atoms with van der Waals surface area (Å²) in [6, 6.07) is 10.2. The van der Waals surface area contributed by atoms with Crippen molar-refractivity contribution in [1.29, 1.82) is 0 Å². The van der Waals surface area contributed by atoms with E-state index in [-0.39, 0.29) is 16.9 Å². The van der Waals surface area contributed by atoms with Gasteiger partial charge in [-0.1, -0.05) is 44.2 Å². The summed E-state index contributed by atoms with van der Waals surface area (Å²) in [5, 5.41) is 3.00. The molecule has 0 aliphatic rings. The lowest BCUT2D eigenvalue weighted by Crippen LogP contribution is -2.38. The average Bonchev–Trinajstić information content (AvgIpc) is 2.34. The van der Waals surface area contributed by atoms with Crippen LogP contribution >= 0.6 is 0 Å². The first-order chi connectivity index (χ1) is 8.71. The summed E-state index contributed by atoms with van der Waals surface area (Å²) in [5.41, 5.74) is 6.76. The fourth-order valence-corrected chi connectivity index (χ4v) is 1.84. The number of nitrogens with one attached hydrogen (secondary N) is 1. The molecule has 1 rings (SSSR count). The normalized spacial score (nSPS) is 12.3. The number of benzene rings is 1. The third-order valence-electron chi connectivity index (χ3n) is 3.28. The van der Waals surface area contributed by atoms with Gasteiger partial charge in [0, 0.05) is 23.9 Å². The molecule has 1 aromatic carbocycles. The number of rotatable bonds is 6. The molecule has 0 aliphatic carbocycles. The molecule has 0 spiro atoms. The Morgan fingerprint density at radius 3 is 2.26 bits per heavy atom. The molecule has 106 valence electrons. The van der Waals surface area contributed by atoms with Crippen molar-refractivity contribution in [3.63, 3.8) is 0 Å². The van der Waals surface area contributed by atoms with Crippen LogP contribution in [0.25, 0.3) is 0 Å². The largest absolute Gasteiger partial charge is 0.355 e. The van der Waals surface area contributed by atoms with Crippen LogP contribution in [0, 0.1) is 0 Å². The van der Waals surface area contributed by atoms with Crippen molar-refractivity contribution >= 4 is 5.91 Å². The van der Waals surface area contributed by atoms with Gasteiger partial charge in [-0.2, -0.15) is 0 Å². The van der Waals surface area contributed by atoms with E-state index in [1.807, 2.05) is 32.0 Å². The topological polar surface area (TPSA) is 55.1 Å². The van der Waals surface area contributed by atoms with Crippen molar-refractivity contribution in [2.24, 2.45) is 5.73 Å². The summed E-state index contributed by atoms with van der Waals surface area (Å²) in [6.07, 6.45) is 1.18. The van der Waals surface area contributed by atoms with Crippen molar-refractivity contribution in [3.8, 4) is 0 Å². The fraction of sp³-hybridized carbons (Fsp3) is 0.562. The Bertz CT molecular complexity index is 405. The highest BCUT2D eigenvalue weighted by molar-refractivity contribution is 5.76. The Balaban J connectivity index is 2.45. The van der Waals surface area contributed by atoms with Gasteiger partial charge < -0.3 is 11.1 Å². The minimum atomic E-state index is -0.285. The zero-order valence-electron chi connectivity index (χ0n) is 12.5. The van der Waals surface area contributed by atoms with Crippen LogP contribution in [0.5, 0.6) is 0 Å². The Morgan fingerprint density at radius 1 is 1.16 bits per heavy atom. The van der Waals surface area contributed by atoms with Crippen LogP contribution in [0.1, 0.15) is 46.1 Å². The molecule has 0 atom stereocenters. The van der Waals surface area contributed by atoms with Gasteiger partial charge in [0.25, 0.3) is 0 Å². The fourth-order valence-electron chi connectivity index (χ4n) is 1.84. The maximum atomic E-state index is 11.8. The number of carbonyl (C=O) groups is 1. The van der Waals surface area contributed by atoms with E-state index in [1.165, 1.54) is 5.56 Å². The predicted octanol–water partition coefficient (Wildman–Crippen LogP) is 2.60. The maximum Gasteiger partial charge on any atom is 0.220 e. The smallest absolute Gasteiger partial charge is 0.220 e. The Morgan fingerprint density at radius 2 is 1.74 bits per heavy atom. The highest BCUT2D eigenvalue weighted by atomic mass is 16.1. The number of carbonyl (C=O) groups excluding carboxylic acids is 1. The first-order valence-corrected chi connectivity index (χ1v) is 6.82. The monoisotopic (exact) mass is 262 g/mol. The molecular formula is C16H26N2O. The van der Waals surface area contributed by atoms with E-state index < -0.39 is 0 Å². The van der Waals surface area contributed by atoms with Crippen LogP contribution in [-0.4, -0.2) is 18.0 Å². The molecule has 0 unspecified atom stereocenters. The number of nitrogens with two attached hydrogens (primary N) is 1. The van der Waals surface area contributed by atoms with Gasteiger partial charge in [0.1, 0.15) is 0 Å². The first-order valence-electron chi connectivity index (χ1n) is 6.82. The van der Waals surface area contributed by atoms with E-state index in [1.54, 1.807) is 0 Å². The minimum absolute atomic E-state index is 0.0604. The predicted molar refractivity (Wildman–Crippen MR) is 80.0 cm³/mol. The third kappa shape index (κ3) is 5.88. The number of hydrogen-bond acceptors (Lipinski definition) is 2. The molecule has 1 amide bonds. The molecule has 0 heterocycles. The van der Waals surface area contributed by atoms with E-state index in [2.05, 4.69) is 31.3 Å². The van der Waals surface area contributed by atoms with Gasteiger partial charge in [0.15, 0.2) is 0 Å². The van der Waals surface area contributed by atoms with E-state index in [0.29, 0.717) is 19.4 Å². The molecule has 1 aromatic rings. The van der Waals surface area contributed by atoms with Gasteiger partial charge in [-0.3, -0.25) is 4.79 Å². The minimum Gasteiger partial charge on any atom is -0.355 e. The molecule has 3 nitrogen and oxygen atoms in total. The van der Waals surface area contributed by atoms with E-state index in [4.69, 9.17) is 5.73 Å². The molecular weight excluding hydrogens is 236 g/mol. The van der Waals surface area contributed by atoms with Crippen LogP contribution < -0.4 is 11.1 Å². The summed E-state index contributed by atoms with van der Waals surface area (Å²) >= 11 is 0. The molecule has 3 heteroatoms. The molecule has 0 radical (unpaired) electrons. The van der Waals surface area contributed by atoms with Crippen LogP contribution in [0.2, 0.25) is 0 Å². The van der Waals surface area contributed by atoms with Gasteiger partial charge in [-0.25, -0.2) is 0 Å². The molecule has 0 aromatic heterocycles. The van der Waals surface area contributed by atoms with Crippen LogP contribution in [0.15, 0.2) is 30.3 Å². The number of hydrogen-bond donors (Lipinski definition) is 2. The Labute approximate surface area is 116 Å². The Kier molecular flexibility index (Phi) is 5.12. The molecule has 3 N–H and O–H groups in total. The highest BCUT2D eigenvalue weighted by Gasteiger charge is 2.21. The van der Waals surface area contributed by atoms with Gasteiger partial charge >= 0.3 is 0 Å². The second-order valence-corrected chi connectivity index (χ2v) is 6.52. The maximum absolute atomic E-state index is 11.8. The molecule has 0 bridgehead atoms. The summed E-state index contributed by atoms with van der Waals surface area (Å²) in [7, 11) is 0. The summed E-state index contributed by atoms with van der Waals surface area (Å²) < 4.78 is 0. The zero-order chi connectivity index (χ0) is 14.5. The van der Waals surface area contributed by atoms with E-state index >= 15 is 0 Å². The van der Waals surface area contributed by atoms with Gasteiger partial charge in [-0.15, -0.1) is 0 Å². The lowest BCUT2D eigenvalue weighted by atomic mass is 9.84. The summed E-state index contributed by atoms with van der Waals surface area (Å²) in [4.78, 5) is 11.8. The van der Waals surface area contributed by atoms with Crippen LogP contribution in [0.4, 0.5) is 0 Å². The average molecular weight is 262 g/mol. The molecule has 19 heavy (non-hydrogen) atoms. The quantitative estimate of drug-likeness (QED) is 0.828. The van der Waals surface area contributed by atoms with Crippen LogP contribution in [0.3, 0.4) is 0 Å². The summed E-state index contributed by atoms with van der Waals surface area (Å²) in [5.74, 6) is 0.0718. The van der Waals surface area contributed by atoms with Crippen LogP contribution in [-0.2, 0) is 10.2 Å². The van der Waals surface area contributed by atoms with Gasteiger partial charge in [0.05, 0.1) is 0 Å². The highest BCUT2D eigenvalue weighted by Crippen LogP contribution is 2.21. The van der Waals surface area contributed by atoms with Gasteiger partial charge in [-0.05, 0) is 25.8 Å². The van der Waals surface area contributed by atoms with E-state index in [0.717, 1.165) is 0 Å². The van der Waals surface area contributed by atoms with Crippen molar-refractivity contribution < 1.29 is 4.79 Å². The van der Waals surface area contributed by atoms with Crippen molar-refractivity contribution in [1.82, 2.24) is 5.32 Å². The van der Waals surface area contributed by atoms with E-state index in [9.17, 15) is 4.79 Å². The second kappa shape index (κ2) is 6.20. The third-order valence-corrected chi connectivity index (χ3v) is 3.28. The number of amides is 1. The zero-order valence-corrected chi connectivity index (χ0v) is 12.5. The second-order valence-electron chi connectivity index (χ2n) is 6.52. The van der Waals surface area contributed by atoms with Crippen molar-refractivity contribution in [2.45, 2.75) is 51.5 Å². The standard InChI is InChI=1S/C16H26N2O/c1-15(2,13-8-6-5-7-9-13)12-18-14(19)10-11-16(3,4)17/h5-9H,10-12,17H2,1-4H3,(H,18,19). The molecule has 0 fully saturated rings. The molecule has 0 saturated carbocycles. The van der Waals surface area contributed by atoms with Crippen molar-refractivity contribution in [2.75, 3.05) is 6.54 Å². The SMILES string of the molecule is CC(C)(N)CCC(=O)NCC(C)(C)c1ccccc1. The molecule has 0 aliphatic heterocycles.